The molecule has 1 aromatic heterocycles. The molecule has 0 amide bonds. The Balaban J connectivity index is 2.86. The van der Waals surface area contributed by atoms with Gasteiger partial charge in [0, 0.05) is 11.1 Å². The van der Waals surface area contributed by atoms with Crippen molar-refractivity contribution in [3.05, 3.63) is 21.9 Å². The third-order valence-corrected chi connectivity index (χ3v) is 5.06. The fraction of sp³-hybridized carbons (Fsp3) is 0.455. The van der Waals surface area contributed by atoms with Crippen LogP contribution in [0.15, 0.2) is 12.1 Å². The molecule has 0 aliphatic rings. The van der Waals surface area contributed by atoms with Crippen LogP contribution >= 0.6 is 11.3 Å². The summed E-state index contributed by atoms with van der Waals surface area (Å²) in [6.45, 7) is 1.36. The molecule has 1 heterocycles. The third-order valence-electron chi connectivity index (χ3n) is 2.46. The Kier molecular flexibility index (Phi) is 4.64. The van der Waals surface area contributed by atoms with Crippen molar-refractivity contribution in [2.45, 2.75) is 18.6 Å². The largest absolute Gasteiger partial charge is 0.469 e. The number of rotatable bonds is 5. The number of carbonyl (C=O) groups excluding carboxylic acids is 2. The molecule has 0 bridgehead atoms. The Hall–Kier alpha value is -1.21. The van der Waals surface area contributed by atoms with Gasteiger partial charge < -0.3 is 4.74 Å². The molecule has 1 rings (SSSR count). The lowest BCUT2D eigenvalue weighted by Gasteiger charge is -2.05. The van der Waals surface area contributed by atoms with E-state index in [0.29, 0.717) is 9.75 Å². The number of Topliss-reactive ketones (excluding diaryl/α,β-unsaturated/α-hetero) is 1. The normalized spacial score (nSPS) is 13.1. The predicted octanol–water partition coefficient (Wildman–Crippen LogP) is 1.08. The minimum absolute atomic E-state index is 0.0850. The lowest BCUT2D eigenvalue weighted by Crippen LogP contribution is -2.25. The molecule has 0 spiro atoms. The van der Waals surface area contributed by atoms with Gasteiger partial charge in [-0.1, -0.05) is 0 Å². The monoisotopic (exact) mass is 290 g/mol. The van der Waals surface area contributed by atoms with Crippen molar-refractivity contribution in [3.8, 4) is 0 Å². The highest BCUT2D eigenvalue weighted by molar-refractivity contribution is 7.92. The van der Waals surface area contributed by atoms with Gasteiger partial charge in [0.15, 0.2) is 15.6 Å². The maximum atomic E-state index is 11.9. The molecule has 18 heavy (non-hydrogen) atoms. The molecule has 0 radical (unpaired) electrons. The topological polar surface area (TPSA) is 77.5 Å². The van der Waals surface area contributed by atoms with Gasteiger partial charge in [0.2, 0.25) is 0 Å². The molecule has 0 saturated carbocycles. The van der Waals surface area contributed by atoms with Crippen LogP contribution in [-0.4, -0.2) is 38.8 Å². The van der Waals surface area contributed by atoms with E-state index >= 15 is 0 Å². The first-order chi connectivity index (χ1) is 8.25. The maximum absolute atomic E-state index is 11.9. The van der Waals surface area contributed by atoms with E-state index in [1.807, 2.05) is 0 Å². The molecule has 1 unspecified atom stereocenters. The fourth-order valence-corrected chi connectivity index (χ4v) is 2.83. The number of hydrogen-bond acceptors (Lipinski definition) is 6. The summed E-state index contributed by atoms with van der Waals surface area (Å²) in [5.74, 6) is -0.842. The van der Waals surface area contributed by atoms with E-state index in [2.05, 4.69) is 4.74 Å². The van der Waals surface area contributed by atoms with Crippen LogP contribution in [0.2, 0.25) is 0 Å². The first-order valence-electron chi connectivity index (χ1n) is 5.14. The molecule has 0 aliphatic heterocycles. The van der Waals surface area contributed by atoms with Crippen LogP contribution in [0.1, 0.15) is 21.5 Å². The highest BCUT2D eigenvalue weighted by Crippen LogP contribution is 2.20. The standard InChI is InChI=1S/C11H14O5S2/c1-7(18(3,14)15)11(13)9-5-4-8(17-9)6-10(12)16-2/h4-5,7H,6H2,1-3H3. The summed E-state index contributed by atoms with van der Waals surface area (Å²) >= 11 is 1.11. The predicted molar refractivity (Wildman–Crippen MR) is 68.7 cm³/mol. The van der Waals surface area contributed by atoms with Crippen molar-refractivity contribution >= 4 is 32.9 Å². The highest BCUT2D eigenvalue weighted by Gasteiger charge is 2.26. The van der Waals surface area contributed by atoms with Crippen LogP contribution < -0.4 is 0 Å². The van der Waals surface area contributed by atoms with E-state index in [4.69, 9.17) is 0 Å². The Morgan fingerprint density at radius 2 is 2.00 bits per heavy atom. The number of esters is 1. The average molecular weight is 290 g/mol. The van der Waals surface area contributed by atoms with Crippen molar-refractivity contribution in [1.29, 1.82) is 0 Å². The van der Waals surface area contributed by atoms with Crippen molar-refractivity contribution in [1.82, 2.24) is 0 Å². The van der Waals surface area contributed by atoms with Gasteiger partial charge in [0.05, 0.1) is 18.4 Å². The number of thiophene rings is 1. The zero-order chi connectivity index (χ0) is 13.9. The molecule has 1 atom stereocenters. The second-order valence-electron chi connectivity index (χ2n) is 3.85. The van der Waals surface area contributed by atoms with Crippen LogP contribution in [0.5, 0.6) is 0 Å². The van der Waals surface area contributed by atoms with Crippen LogP contribution in [0.3, 0.4) is 0 Å². The summed E-state index contributed by atoms with van der Waals surface area (Å²) in [6, 6.07) is 3.16. The van der Waals surface area contributed by atoms with Crippen molar-refractivity contribution < 1.29 is 22.7 Å². The molecular weight excluding hydrogens is 276 g/mol. The van der Waals surface area contributed by atoms with Gasteiger partial charge in [-0.3, -0.25) is 9.59 Å². The number of sulfone groups is 1. The SMILES string of the molecule is COC(=O)Cc1ccc(C(=O)C(C)S(C)(=O)=O)s1. The molecule has 100 valence electrons. The number of carbonyl (C=O) groups is 2. The summed E-state index contributed by atoms with van der Waals surface area (Å²) < 4.78 is 27.1. The minimum atomic E-state index is -3.40. The molecule has 1 aromatic rings. The quantitative estimate of drug-likeness (QED) is 0.599. The number of ether oxygens (including phenoxy) is 1. The molecular formula is C11H14O5S2. The minimum Gasteiger partial charge on any atom is -0.469 e. The van der Waals surface area contributed by atoms with Gasteiger partial charge in [-0.2, -0.15) is 0 Å². The number of ketones is 1. The van der Waals surface area contributed by atoms with Crippen molar-refractivity contribution in [3.63, 3.8) is 0 Å². The van der Waals surface area contributed by atoms with Gasteiger partial charge in [0.25, 0.3) is 0 Å². The van der Waals surface area contributed by atoms with Crippen LogP contribution in [0.4, 0.5) is 0 Å². The summed E-state index contributed by atoms with van der Waals surface area (Å²) in [4.78, 5) is 23.9. The summed E-state index contributed by atoms with van der Waals surface area (Å²) in [5.41, 5.74) is 0. The molecule has 0 saturated heterocycles. The van der Waals surface area contributed by atoms with Gasteiger partial charge in [-0.05, 0) is 19.1 Å². The summed E-state index contributed by atoms with van der Waals surface area (Å²) in [6.07, 6.45) is 1.11. The van der Waals surface area contributed by atoms with Crippen LogP contribution in [0, 0.1) is 0 Å². The van der Waals surface area contributed by atoms with Gasteiger partial charge in [0.1, 0.15) is 5.25 Å². The second kappa shape index (κ2) is 5.62. The Bertz CT molecular complexity index is 556. The number of methoxy groups -OCH3 is 1. The van der Waals surface area contributed by atoms with E-state index in [1.54, 1.807) is 6.07 Å². The first kappa shape index (κ1) is 14.8. The molecule has 0 N–H and O–H groups in total. The maximum Gasteiger partial charge on any atom is 0.310 e. The van der Waals surface area contributed by atoms with Gasteiger partial charge in [-0.25, -0.2) is 8.42 Å². The lowest BCUT2D eigenvalue weighted by atomic mass is 10.2. The average Bonchev–Trinajstić information content (AvgIpc) is 2.74. The Morgan fingerprint density at radius 3 is 2.50 bits per heavy atom. The third kappa shape index (κ3) is 3.64. The van der Waals surface area contributed by atoms with E-state index in [0.717, 1.165) is 17.6 Å². The summed E-state index contributed by atoms with van der Waals surface area (Å²) in [5, 5.41) is -1.07. The van der Waals surface area contributed by atoms with Crippen molar-refractivity contribution in [2.75, 3.05) is 13.4 Å². The van der Waals surface area contributed by atoms with Gasteiger partial charge >= 0.3 is 5.97 Å². The fourth-order valence-electron chi connectivity index (χ4n) is 1.21. The van der Waals surface area contributed by atoms with E-state index in [1.165, 1.54) is 20.1 Å². The Morgan fingerprint density at radius 1 is 1.39 bits per heavy atom. The zero-order valence-electron chi connectivity index (χ0n) is 10.3. The molecule has 7 heteroatoms. The highest BCUT2D eigenvalue weighted by atomic mass is 32.2. The second-order valence-corrected chi connectivity index (χ2v) is 7.39. The smallest absolute Gasteiger partial charge is 0.310 e. The zero-order valence-corrected chi connectivity index (χ0v) is 11.9. The number of hydrogen-bond donors (Lipinski definition) is 0. The van der Waals surface area contributed by atoms with Crippen LogP contribution in [-0.2, 0) is 25.8 Å². The van der Waals surface area contributed by atoms with Crippen LogP contribution in [0.25, 0.3) is 0 Å². The molecule has 0 fully saturated rings. The van der Waals surface area contributed by atoms with E-state index in [9.17, 15) is 18.0 Å². The molecule has 0 aliphatic carbocycles. The molecule has 0 aromatic carbocycles. The first-order valence-corrected chi connectivity index (χ1v) is 7.91. The van der Waals surface area contributed by atoms with Gasteiger partial charge in [-0.15, -0.1) is 11.3 Å². The van der Waals surface area contributed by atoms with E-state index in [-0.39, 0.29) is 6.42 Å². The summed E-state index contributed by atoms with van der Waals surface area (Å²) in [7, 11) is -2.12. The van der Waals surface area contributed by atoms with Crippen molar-refractivity contribution in [2.24, 2.45) is 0 Å². The van der Waals surface area contributed by atoms with E-state index < -0.39 is 26.8 Å². The Labute approximate surface area is 110 Å². The molecule has 5 nitrogen and oxygen atoms in total. The lowest BCUT2D eigenvalue weighted by molar-refractivity contribution is -0.139.